The van der Waals surface area contributed by atoms with Crippen molar-refractivity contribution in [2.75, 3.05) is 11.9 Å². The minimum atomic E-state index is -0.772. The van der Waals surface area contributed by atoms with Gasteiger partial charge in [-0.1, -0.05) is 54.6 Å². The number of aromatic hydroxyl groups is 2. The highest BCUT2D eigenvalue weighted by molar-refractivity contribution is 7.80. The number of phenols is 2. The zero-order chi connectivity index (χ0) is 26.8. The Balaban J connectivity index is 1.48. The van der Waals surface area contributed by atoms with Gasteiger partial charge in [-0.05, 0) is 78.1 Å². The lowest BCUT2D eigenvalue weighted by atomic mass is 9.92. The van der Waals surface area contributed by atoms with Crippen LogP contribution in [0.15, 0.2) is 97.1 Å². The van der Waals surface area contributed by atoms with Gasteiger partial charge in [-0.3, -0.25) is 0 Å². The molecule has 3 atom stereocenters. The molecule has 0 amide bonds. The smallest absolute Gasteiger partial charge is 0.176 e. The maximum Gasteiger partial charge on any atom is 0.176 e. The first-order valence-corrected chi connectivity index (χ1v) is 12.9. The molecular formula is C31H29FN2O3S. The van der Waals surface area contributed by atoms with Gasteiger partial charge in [0, 0.05) is 24.4 Å². The van der Waals surface area contributed by atoms with Crippen LogP contribution >= 0.6 is 12.2 Å². The number of likely N-dealkylation sites (N-methyl/N-ethyl adjacent to an activating group) is 1. The quantitative estimate of drug-likeness (QED) is 0.236. The zero-order valence-electron chi connectivity index (χ0n) is 20.9. The number of halogens is 1. The first-order chi connectivity index (χ1) is 18.3. The number of hydrogen-bond donors (Lipinski definition) is 3. The Kier molecular flexibility index (Phi) is 7.31. The highest BCUT2D eigenvalue weighted by Gasteiger charge is 2.44. The van der Waals surface area contributed by atoms with Gasteiger partial charge < -0.3 is 25.1 Å². The van der Waals surface area contributed by atoms with Gasteiger partial charge in [-0.25, -0.2) is 4.39 Å². The minimum Gasteiger partial charge on any atom is -0.508 e. The topological polar surface area (TPSA) is 67.2 Å². The summed E-state index contributed by atoms with van der Waals surface area (Å²) in [5.74, 6) is -0.399. The maximum atomic E-state index is 13.4. The van der Waals surface area contributed by atoms with Crippen LogP contribution in [-0.4, -0.2) is 38.4 Å². The van der Waals surface area contributed by atoms with Crippen LogP contribution in [-0.2, 0) is 0 Å². The van der Waals surface area contributed by atoms with E-state index < -0.39 is 6.10 Å². The molecule has 4 aromatic rings. The lowest BCUT2D eigenvalue weighted by Gasteiger charge is -2.29. The highest BCUT2D eigenvalue weighted by atomic mass is 32.1. The summed E-state index contributed by atoms with van der Waals surface area (Å²) in [6, 6.07) is 28.2. The Morgan fingerprint density at radius 1 is 0.868 bits per heavy atom. The first-order valence-electron chi connectivity index (χ1n) is 12.5. The summed E-state index contributed by atoms with van der Waals surface area (Å²) < 4.78 is 13.4. The molecule has 1 aliphatic rings. The van der Waals surface area contributed by atoms with Gasteiger partial charge in [0.25, 0.3) is 0 Å². The number of phenolic OH excluding ortho intramolecular Hbond substituents is 2. The van der Waals surface area contributed by atoms with Gasteiger partial charge >= 0.3 is 0 Å². The molecule has 1 saturated heterocycles. The van der Waals surface area contributed by atoms with E-state index in [0.29, 0.717) is 29.1 Å². The van der Waals surface area contributed by atoms with Crippen LogP contribution < -0.4 is 4.90 Å². The Labute approximate surface area is 227 Å². The molecule has 5 nitrogen and oxygen atoms in total. The van der Waals surface area contributed by atoms with E-state index in [-0.39, 0.29) is 29.4 Å². The summed E-state index contributed by atoms with van der Waals surface area (Å²) in [4.78, 5) is 4.01. The van der Waals surface area contributed by atoms with E-state index in [1.54, 1.807) is 24.3 Å². The number of aliphatic hydroxyl groups excluding tert-OH is 1. The van der Waals surface area contributed by atoms with Crippen LogP contribution in [0.2, 0.25) is 0 Å². The van der Waals surface area contributed by atoms with E-state index in [1.807, 2.05) is 59.3 Å². The number of rotatable bonds is 7. The summed E-state index contributed by atoms with van der Waals surface area (Å²) in [6.45, 7) is 0. The summed E-state index contributed by atoms with van der Waals surface area (Å²) >= 11 is 5.90. The lowest BCUT2D eigenvalue weighted by Crippen LogP contribution is -2.31. The Morgan fingerprint density at radius 2 is 1.53 bits per heavy atom. The maximum absolute atomic E-state index is 13.4. The fourth-order valence-corrected chi connectivity index (χ4v) is 5.55. The fourth-order valence-electron chi connectivity index (χ4n) is 5.19. The van der Waals surface area contributed by atoms with Crippen LogP contribution in [0.3, 0.4) is 0 Å². The summed E-state index contributed by atoms with van der Waals surface area (Å²) in [5, 5.41) is 32.2. The van der Waals surface area contributed by atoms with Crippen LogP contribution in [0.25, 0.3) is 11.1 Å². The van der Waals surface area contributed by atoms with Gasteiger partial charge in [0.05, 0.1) is 18.2 Å². The number of aliphatic hydroxyl groups is 1. The third kappa shape index (κ3) is 5.08. The molecular weight excluding hydrogens is 499 g/mol. The van der Waals surface area contributed by atoms with Crippen molar-refractivity contribution in [3.63, 3.8) is 0 Å². The van der Waals surface area contributed by atoms with E-state index in [9.17, 15) is 19.7 Å². The van der Waals surface area contributed by atoms with Crippen molar-refractivity contribution in [3.05, 3.63) is 114 Å². The number of nitrogens with zero attached hydrogens (tertiary/aromatic N) is 2. The van der Waals surface area contributed by atoms with E-state index in [1.165, 1.54) is 18.2 Å². The summed E-state index contributed by atoms with van der Waals surface area (Å²) in [5.41, 5.74) is 4.34. The molecule has 0 saturated carbocycles. The van der Waals surface area contributed by atoms with Crippen molar-refractivity contribution in [2.45, 2.75) is 31.0 Å². The van der Waals surface area contributed by atoms with Crippen molar-refractivity contribution in [2.24, 2.45) is 0 Å². The molecule has 1 aliphatic heterocycles. The van der Waals surface area contributed by atoms with Crippen LogP contribution in [0.1, 0.15) is 36.1 Å². The van der Waals surface area contributed by atoms with Crippen LogP contribution in [0, 0.1) is 5.82 Å². The van der Waals surface area contributed by atoms with Crippen molar-refractivity contribution >= 4 is 23.0 Å². The van der Waals surface area contributed by atoms with E-state index >= 15 is 0 Å². The third-order valence-electron chi connectivity index (χ3n) is 7.22. The van der Waals surface area contributed by atoms with Gasteiger partial charge in [-0.2, -0.15) is 0 Å². The molecule has 38 heavy (non-hydrogen) atoms. The molecule has 7 heteroatoms. The van der Waals surface area contributed by atoms with Crippen molar-refractivity contribution in [1.29, 1.82) is 0 Å². The molecule has 194 valence electrons. The van der Waals surface area contributed by atoms with Gasteiger partial charge in [0.2, 0.25) is 0 Å². The largest absolute Gasteiger partial charge is 0.508 e. The number of thiocarbonyl (C=S) groups is 1. The molecule has 1 fully saturated rings. The van der Waals surface area contributed by atoms with E-state index in [0.717, 1.165) is 16.8 Å². The molecule has 1 heterocycles. The minimum absolute atomic E-state index is 0.0249. The number of benzene rings is 4. The Hall–Kier alpha value is -3.94. The summed E-state index contributed by atoms with van der Waals surface area (Å²) in [7, 11) is 1.92. The molecule has 0 unspecified atom stereocenters. The number of anilines is 1. The molecule has 0 aliphatic carbocycles. The predicted octanol–water partition coefficient (Wildman–Crippen LogP) is 6.56. The fraction of sp³-hybridized carbons (Fsp3) is 0.194. The molecule has 4 aromatic carbocycles. The van der Waals surface area contributed by atoms with Crippen molar-refractivity contribution < 1.29 is 19.7 Å². The van der Waals surface area contributed by atoms with E-state index in [2.05, 4.69) is 12.1 Å². The Morgan fingerprint density at radius 3 is 2.18 bits per heavy atom. The van der Waals surface area contributed by atoms with E-state index in [4.69, 9.17) is 12.2 Å². The SMILES string of the molecule is CN1C(=S)N(c2ccc(-c3ccccc3)cc2)[C@H](c2ccc(O)cc2O)[C@@H]1CC[C@H](O)c1ccc(F)cc1. The molecule has 5 rings (SSSR count). The number of hydrogen-bond acceptors (Lipinski definition) is 4. The molecule has 3 N–H and O–H groups in total. The van der Waals surface area contributed by atoms with Gasteiger partial charge in [0.15, 0.2) is 5.11 Å². The zero-order valence-corrected chi connectivity index (χ0v) is 21.7. The molecule has 0 spiro atoms. The average molecular weight is 529 g/mol. The average Bonchev–Trinajstić information content (AvgIpc) is 3.17. The first kappa shape index (κ1) is 25.7. The van der Waals surface area contributed by atoms with Crippen molar-refractivity contribution in [3.8, 4) is 22.6 Å². The normalized spacial score (nSPS) is 18.1. The molecule has 0 aromatic heterocycles. The third-order valence-corrected chi connectivity index (χ3v) is 7.71. The van der Waals surface area contributed by atoms with Gasteiger partial charge in [-0.15, -0.1) is 0 Å². The van der Waals surface area contributed by atoms with Gasteiger partial charge in [0.1, 0.15) is 17.3 Å². The van der Waals surface area contributed by atoms with Crippen LogP contribution in [0.5, 0.6) is 11.5 Å². The molecule has 0 radical (unpaired) electrons. The summed E-state index contributed by atoms with van der Waals surface area (Å²) in [6.07, 6.45) is 0.198. The lowest BCUT2D eigenvalue weighted by molar-refractivity contribution is 0.152. The molecule has 0 bridgehead atoms. The highest BCUT2D eigenvalue weighted by Crippen LogP contribution is 2.44. The second-order valence-corrected chi connectivity index (χ2v) is 9.94. The predicted molar refractivity (Wildman–Crippen MR) is 152 cm³/mol. The standard InChI is InChI=1S/C31H29FN2O3S/c1-33-27(17-18-28(36)22-7-11-23(32)12-8-22)30(26-16-15-25(35)19-29(26)37)34(31(33)38)24-13-9-21(10-14-24)20-5-3-2-4-6-20/h2-16,19,27-28,30,35-37H,17-18H2,1H3/t27-,28-,30+/m0/s1. The van der Waals surface area contributed by atoms with Crippen LogP contribution in [0.4, 0.5) is 10.1 Å². The second kappa shape index (κ2) is 10.8. The monoisotopic (exact) mass is 528 g/mol. The van der Waals surface area contributed by atoms with Crippen molar-refractivity contribution in [1.82, 2.24) is 4.90 Å². The second-order valence-electron chi connectivity index (χ2n) is 9.58. The Bertz CT molecular complexity index is 1410.